The highest BCUT2D eigenvalue weighted by Gasteiger charge is 2.25. The van der Waals surface area contributed by atoms with Crippen molar-refractivity contribution in [3.8, 4) is 0 Å². The molecule has 1 aliphatic rings. The maximum Gasteiger partial charge on any atom is 0.407 e. The summed E-state index contributed by atoms with van der Waals surface area (Å²) in [5.74, 6) is 0. The molecule has 1 aliphatic heterocycles. The Morgan fingerprint density at radius 2 is 2.15 bits per heavy atom. The highest BCUT2D eigenvalue weighted by molar-refractivity contribution is 5.68. The Hall–Kier alpha value is -1.62. The molecule has 0 saturated carbocycles. The quantitative estimate of drug-likeness (QED) is 0.920. The Labute approximate surface area is 120 Å². The number of hydrogen-bond acceptors (Lipinski definition) is 4. The molecule has 1 aromatic heterocycles. The molecule has 0 unspecified atom stereocenters. The second kappa shape index (κ2) is 6.22. The number of likely N-dealkylation sites (tertiary alicyclic amines) is 1. The van der Waals surface area contributed by atoms with Crippen LogP contribution in [0, 0.1) is 0 Å². The first-order valence-corrected chi connectivity index (χ1v) is 7.03. The fourth-order valence-corrected chi connectivity index (χ4v) is 2.31. The fraction of sp³-hybridized carbons (Fsp3) is 0.600. The van der Waals surface area contributed by atoms with Crippen molar-refractivity contribution in [2.45, 2.75) is 45.4 Å². The highest BCUT2D eigenvalue weighted by atomic mass is 16.6. The molecule has 0 aliphatic carbocycles. The van der Waals surface area contributed by atoms with Crippen molar-refractivity contribution in [2.75, 3.05) is 13.1 Å². The van der Waals surface area contributed by atoms with E-state index in [-0.39, 0.29) is 12.1 Å². The molecule has 0 radical (unpaired) electrons. The Balaban J connectivity index is 1.77. The zero-order valence-electron chi connectivity index (χ0n) is 12.4. The predicted octanol–water partition coefficient (Wildman–Crippen LogP) is 2.18. The van der Waals surface area contributed by atoms with Gasteiger partial charge < -0.3 is 10.1 Å². The van der Waals surface area contributed by atoms with Gasteiger partial charge >= 0.3 is 6.09 Å². The lowest BCUT2D eigenvalue weighted by molar-refractivity contribution is 0.0506. The van der Waals surface area contributed by atoms with Gasteiger partial charge in [0.2, 0.25) is 0 Å². The van der Waals surface area contributed by atoms with E-state index in [0.717, 1.165) is 26.1 Å². The molecule has 110 valence electrons. The number of rotatable bonds is 3. The lowest BCUT2D eigenvalue weighted by Gasteiger charge is -2.22. The second-order valence-electron chi connectivity index (χ2n) is 6.22. The summed E-state index contributed by atoms with van der Waals surface area (Å²) in [6.45, 7) is 8.37. The summed E-state index contributed by atoms with van der Waals surface area (Å²) in [4.78, 5) is 18.1. The van der Waals surface area contributed by atoms with E-state index in [1.807, 2.05) is 45.3 Å². The average molecular weight is 277 g/mol. The molecular formula is C15H23N3O2. The molecule has 5 heteroatoms. The van der Waals surface area contributed by atoms with Gasteiger partial charge in [-0.15, -0.1) is 0 Å². The first kappa shape index (κ1) is 14.8. The lowest BCUT2D eigenvalue weighted by Crippen LogP contribution is -2.40. The molecule has 1 amide bonds. The standard InChI is InChI=1S/C15H23N3O2/c1-15(2,3)20-14(19)17-13-6-9-18(11-13)10-12-4-7-16-8-5-12/h4-5,7-8,13H,6,9-11H2,1-3H3,(H,17,19)/t13-/m1/s1. The molecule has 1 aromatic rings. The molecule has 5 nitrogen and oxygen atoms in total. The van der Waals surface area contributed by atoms with E-state index >= 15 is 0 Å². The normalized spacial score (nSPS) is 19.9. The number of amides is 1. The molecule has 1 saturated heterocycles. The third-order valence-corrected chi connectivity index (χ3v) is 3.15. The van der Waals surface area contributed by atoms with Gasteiger partial charge in [0.15, 0.2) is 0 Å². The minimum atomic E-state index is -0.445. The number of nitrogens with zero attached hydrogens (tertiary/aromatic N) is 2. The summed E-state index contributed by atoms with van der Waals surface area (Å²) >= 11 is 0. The van der Waals surface area contributed by atoms with Crippen molar-refractivity contribution >= 4 is 6.09 Å². The van der Waals surface area contributed by atoms with E-state index in [0.29, 0.717) is 0 Å². The molecule has 1 atom stereocenters. The summed E-state index contributed by atoms with van der Waals surface area (Å²) in [6, 6.07) is 4.22. The van der Waals surface area contributed by atoms with Crippen LogP contribution in [0.5, 0.6) is 0 Å². The summed E-state index contributed by atoms with van der Waals surface area (Å²) in [5, 5.41) is 2.94. The Bertz CT molecular complexity index is 442. The summed E-state index contributed by atoms with van der Waals surface area (Å²) in [6.07, 6.45) is 4.25. The maximum absolute atomic E-state index is 11.7. The molecule has 1 N–H and O–H groups in total. The van der Waals surface area contributed by atoms with Gasteiger partial charge in [0.25, 0.3) is 0 Å². The predicted molar refractivity (Wildman–Crippen MR) is 77.3 cm³/mol. The number of pyridine rings is 1. The van der Waals surface area contributed by atoms with Gasteiger partial charge in [-0.1, -0.05) is 0 Å². The number of carbonyl (C=O) groups excluding carboxylic acids is 1. The van der Waals surface area contributed by atoms with E-state index in [4.69, 9.17) is 4.74 Å². The van der Waals surface area contributed by atoms with Gasteiger partial charge in [0.05, 0.1) is 0 Å². The van der Waals surface area contributed by atoms with Crippen LogP contribution in [0.1, 0.15) is 32.8 Å². The van der Waals surface area contributed by atoms with Crippen molar-refractivity contribution < 1.29 is 9.53 Å². The van der Waals surface area contributed by atoms with Crippen LogP contribution in [0.3, 0.4) is 0 Å². The number of ether oxygens (including phenoxy) is 1. The summed E-state index contributed by atoms with van der Waals surface area (Å²) < 4.78 is 5.28. The SMILES string of the molecule is CC(C)(C)OC(=O)N[C@@H]1CCN(Cc2ccncc2)C1. The van der Waals surface area contributed by atoms with Crippen molar-refractivity contribution in [2.24, 2.45) is 0 Å². The van der Waals surface area contributed by atoms with Gasteiger partial charge in [0, 0.05) is 38.1 Å². The monoisotopic (exact) mass is 277 g/mol. The van der Waals surface area contributed by atoms with E-state index in [2.05, 4.69) is 15.2 Å². The largest absolute Gasteiger partial charge is 0.444 e. The van der Waals surface area contributed by atoms with E-state index in [1.54, 1.807) is 0 Å². The molecule has 2 rings (SSSR count). The Kier molecular flexibility index (Phi) is 4.60. The van der Waals surface area contributed by atoms with Gasteiger partial charge in [-0.2, -0.15) is 0 Å². The van der Waals surface area contributed by atoms with Crippen LogP contribution in [0.15, 0.2) is 24.5 Å². The van der Waals surface area contributed by atoms with E-state index < -0.39 is 5.60 Å². The second-order valence-corrected chi connectivity index (χ2v) is 6.22. The minimum Gasteiger partial charge on any atom is -0.444 e. The first-order chi connectivity index (χ1) is 9.42. The van der Waals surface area contributed by atoms with E-state index in [9.17, 15) is 4.79 Å². The van der Waals surface area contributed by atoms with Crippen LogP contribution in [-0.4, -0.2) is 40.7 Å². The fourth-order valence-electron chi connectivity index (χ4n) is 2.31. The smallest absolute Gasteiger partial charge is 0.407 e. The summed E-state index contributed by atoms with van der Waals surface area (Å²) in [5.41, 5.74) is 0.803. The van der Waals surface area contributed by atoms with E-state index in [1.165, 1.54) is 5.56 Å². The molecular weight excluding hydrogens is 254 g/mol. The van der Waals surface area contributed by atoms with Gasteiger partial charge in [-0.05, 0) is 44.9 Å². The Morgan fingerprint density at radius 1 is 1.45 bits per heavy atom. The van der Waals surface area contributed by atoms with Gasteiger partial charge in [-0.25, -0.2) is 4.79 Å². The molecule has 1 fully saturated rings. The Morgan fingerprint density at radius 3 is 2.80 bits per heavy atom. The van der Waals surface area contributed by atoms with Crippen LogP contribution in [-0.2, 0) is 11.3 Å². The number of nitrogens with one attached hydrogen (secondary N) is 1. The van der Waals surface area contributed by atoms with Crippen molar-refractivity contribution in [1.29, 1.82) is 0 Å². The third kappa shape index (κ3) is 4.81. The minimum absolute atomic E-state index is 0.173. The highest BCUT2D eigenvalue weighted by Crippen LogP contribution is 2.14. The third-order valence-electron chi connectivity index (χ3n) is 3.15. The molecule has 20 heavy (non-hydrogen) atoms. The topological polar surface area (TPSA) is 54.5 Å². The van der Waals surface area contributed by atoms with Crippen LogP contribution in [0.2, 0.25) is 0 Å². The lowest BCUT2D eigenvalue weighted by atomic mass is 10.2. The summed E-state index contributed by atoms with van der Waals surface area (Å²) in [7, 11) is 0. The molecule has 0 bridgehead atoms. The zero-order valence-corrected chi connectivity index (χ0v) is 12.4. The average Bonchev–Trinajstić information content (AvgIpc) is 2.75. The van der Waals surface area contributed by atoms with Crippen LogP contribution < -0.4 is 5.32 Å². The molecule has 2 heterocycles. The molecule has 0 aromatic carbocycles. The van der Waals surface area contributed by atoms with Crippen LogP contribution in [0.4, 0.5) is 4.79 Å². The number of carbonyl (C=O) groups is 1. The number of hydrogen-bond donors (Lipinski definition) is 1. The number of aromatic nitrogens is 1. The van der Waals surface area contributed by atoms with Crippen molar-refractivity contribution in [3.63, 3.8) is 0 Å². The van der Waals surface area contributed by atoms with Crippen molar-refractivity contribution in [3.05, 3.63) is 30.1 Å². The first-order valence-electron chi connectivity index (χ1n) is 7.03. The van der Waals surface area contributed by atoms with Crippen molar-refractivity contribution in [1.82, 2.24) is 15.2 Å². The van der Waals surface area contributed by atoms with Crippen LogP contribution >= 0.6 is 0 Å². The van der Waals surface area contributed by atoms with Gasteiger partial charge in [0.1, 0.15) is 5.60 Å². The van der Waals surface area contributed by atoms with Crippen LogP contribution in [0.25, 0.3) is 0 Å². The van der Waals surface area contributed by atoms with Gasteiger partial charge in [-0.3, -0.25) is 9.88 Å². The maximum atomic E-state index is 11.7. The zero-order chi connectivity index (χ0) is 14.6. The number of alkyl carbamates (subject to hydrolysis) is 1. The molecule has 0 spiro atoms.